The molecule has 90 valence electrons. The number of halogens is 1. The summed E-state index contributed by atoms with van der Waals surface area (Å²) in [6, 6.07) is 0. The van der Waals surface area contributed by atoms with Crippen LogP contribution in [0, 0.1) is 0 Å². The van der Waals surface area contributed by atoms with Crippen molar-refractivity contribution >= 4 is 27.6 Å². The van der Waals surface area contributed by atoms with Gasteiger partial charge in [0.05, 0.1) is 5.60 Å². The fourth-order valence-corrected chi connectivity index (χ4v) is 1.85. The van der Waals surface area contributed by atoms with Gasteiger partial charge in [0.1, 0.15) is 22.4 Å². The highest BCUT2D eigenvalue weighted by atomic mass is 79.9. The monoisotopic (exact) mass is 288 g/mol. The van der Waals surface area contributed by atoms with Crippen LogP contribution in [-0.2, 0) is 0 Å². The van der Waals surface area contributed by atoms with Gasteiger partial charge < -0.3 is 15.7 Å². The quantitative estimate of drug-likeness (QED) is 0.876. The Labute approximate surface area is 104 Å². The molecule has 16 heavy (non-hydrogen) atoms. The molecular weight excluding hydrogens is 272 g/mol. The van der Waals surface area contributed by atoms with Gasteiger partial charge in [-0.15, -0.1) is 0 Å². The molecule has 0 unspecified atom stereocenters. The number of hydrogen-bond acceptors (Lipinski definition) is 5. The minimum atomic E-state index is -0.783. The van der Waals surface area contributed by atoms with Crippen LogP contribution in [0.2, 0.25) is 0 Å². The Balaban J connectivity index is 3.00. The van der Waals surface area contributed by atoms with Gasteiger partial charge in [-0.25, -0.2) is 9.97 Å². The molecule has 0 radical (unpaired) electrons. The summed E-state index contributed by atoms with van der Waals surface area (Å²) in [5.74, 6) is 1.11. The Morgan fingerprint density at radius 1 is 1.50 bits per heavy atom. The van der Waals surface area contributed by atoms with Gasteiger partial charge in [0, 0.05) is 13.1 Å². The highest BCUT2D eigenvalue weighted by Crippen LogP contribution is 2.28. The number of likely N-dealkylation sites (N-methyl/N-ethyl adjacent to an activating group) is 1. The van der Waals surface area contributed by atoms with Crippen molar-refractivity contribution < 1.29 is 5.11 Å². The van der Waals surface area contributed by atoms with E-state index in [2.05, 4.69) is 25.9 Å². The van der Waals surface area contributed by atoms with Crippen molar-refractivity contribution in [1.82, 2.24) is 9.97 Å². The lowest BCUT2D eigenvalue weighted by Crippen LogP contribution is -2.39. The molecule has 1 aromatic heterocycles. The molecule has 1 rings (SSSR count). The number of aromatic nitrogens is 2. The summed E-state index contributed by atoms with van der Waals surface area (Å²) in [5.41, 5.74) is 4.91. The van der Waals surface area contributed by atoms with Gasteiger partial charge in [-0.2, -0.15) is 0 Å². The first-order valence-electron chi connectivity index (χ1n) is 5.08. The Morgan fingerprint density at radius 3 is 2.62 bits per heavy atom. The number of rotatable bonds is 4. The normalized spacial score (nSPS) is 11.6. The molecule has 0 atom stereocenters. The van der Waals surface area contributed by atoms with Crippen LogP contribution in [0.1, 0.15) is 20.8 Å². The zero-order chi connectivity index (χ0) is 12.3. The topological polar surface area (TPSA) is 75.3 Å². The lowest BCUT2D eigenvalue weighted by atomic mass is 10.1. The predicted molar refractivity (Wildman–Crippen MR) is 68.3 cm³/mol. The number of anilines is 2. The molecule has 0 amide bonds. The van der Waals surface area contributed by atoms with Crippen molar-refractivity contribution in [3.8, 4) is 0 Å². The average Bonchev–Trinajstić information content (AvgIpc) is 2.18. The van der Waals surface area contributed by atoms with Crippen LogP contribution in [0.4, 0.5) is 11.6 Å². The Hall–Kier alpha value is -0.880. The summed E-state index contributed by atoms with van der Waals surface area (Å²) < 4.78 is 0.668. The van der Waals surface area contributed by atoms with Gasteiger partial charge in [0.2, 0.25) is 0 Å². The predicted octanol–water partition coefficient (Wildman–Crippen LogP) is 1.42. The van der Waals surface area contributed by atoms with E-state index in [1.165, 1.54) is 6.33 Å². The second-order valence-corrected chi connectivity index (χ2v) is 5.02. The van der Waals surface area contributed by atoms with E-state index >= 15 is 0 Å². The van der Waals surface area contributed by atoms with E-state index in [-0.39, 0.29) is 0 Å². The third-order valence-electron chi connectivity index (χ3n) is 2.06. The Morgan fingerprint density at radius 2 is 2.12 bits per heavy atom. The summed E-state index contributed by atoms with van der Waals surface area (Å²) in [4.78, 5) is 10.0. The molecule has 1 heterocycles. The SMILES string of the molecule is CCN(CC(C)(C)O)c1ncnc(N)c1Br. The molecule has 6 heteroatoms. The molecule has 0 fully saturated rings. The highest BCUT2D eigenvalue weighted by molar-refractivity contribution is 9.10. The van der Waals surface area contributed by atoms with E-state index in [9.17, 15) is 5.11 Å². The van der Waals surface area contributed by atoms with Gasteiger partial charge in [0.25, 0.3) is 0 Å². The standard InChI is InChI=1S/C10H17BrN4O/c1-4-15(5-10(2,3)16)9-7(11)8(12)13-6-14-9/h6,16H,4-5H2,1-3H3,(H2,12,13,14). The first-order chi connectivity index (χ1) is 7.35. The Bertz CT molecular complexity index is 364. The fourth-order valence-electron chi connectivity index (χ4n) is 1.40. The van der Waals surface area contributed by atoms with Crippen LogP contribution >= 0.6 is 15.9 Å². The molecule has 0 spiro atoms. The van der Waals surface area contributed by atoms with Crippen molar-refractivity contribution in [1.29, 1.82) is 0 Å². The summed E-state index contributed by atoms with van der Waals surface area (Å²) >= 11 is 3.36. The van der Waals surface area contributed by atoms with Gasteiger partial charge in [0.15, 0.2) is 0 Å². The largest absolute Gasteiger partial charge is 0.389 e. The van der Waals surface area contributed by atoms with Gasteiger partial charge in [-0.05, 0) is 36.7 Å². The molecule has 0 aromatic carbocycles. The molecule has 0 bridgehead atoms. The lowest BCUT2D eigenvalue weighted by Gasteiger charge is -2.29. The average molecular weight is 289 g/mol. The van der Waals surface area contributed by atoms with E-state index in [4.69, 9.17) is 5.73 Å². The summed E-state index contributed by atoms with van der Waals surface area (Å²) in [6.45, 7) is 6.73. The molecule has 0 saturated carbocycles. The van der Waals surface area contributed by atoms with Crippen LogP contribution in [0.15, 0.2) is 10.8 Å². The van der Waals surface area contributed by atoms with Crippen LogP contribution in [0.3, 0.4) is 0 Å². The van der Waals surface area contributed by atoms with Crippen LogP contribution in [0.5, 0.6) is 0 Å². The fraction of sp³-hybridized carbons (Fsp3) is 0.600. The zero-order valence-electron chi connectivity index (χ0n) is 9.74. The first-order valence-corrected chi connectivity index (χ1v) is 5.87. The maximum Gasteiger partial charge on any atom is 0.148 e. The molecule has 3 N–H and O–H groups in total. The first kappa shape index (κ1) is 13.2. The third-order valence-corrected chi connectivity index (χ3v) is 2.82. The maximum absolute atomic E-state index is 9.81. The summed E-state index contributed by atoms with van der Waals surface area (Å²) in [7, 11) is 0. The molecule has 0 aliphatic carbocycles. The molecule has 0 aliphatic rings. The molecular formula is C10H17BrN4O. The summed E-state index contributed by atoms with van der Waals surface area (Å²) in [5, 5.41) is 9.81. The highest BCUT2D eigenvalue weighted by Gasteiger charge is 2.20. The van der Waals surface area contributed by atoms with Crippen molar-refractivity contribution in [3.05, 3.63) is 10.8 Å². The maximum atomic E-state index is 9.81. The second-order valence-electron chi connectivity index (χ2n) is 4.22. The lowest BCUT2D eigenvalue weighted by molar-refractivity contribution is 0.0874. The smallest absolute Gasteiger partial charge is 0.148 e. The second kappa shape index (κ2) is 4.97. The number of nitrogens with zero attached hydrogens (tertiary/aromatic N) is 3. The van der Waals surface area contributed by atoms with Crippen molar-refractivity contribution in [3.63, 3.8) is 0 Å². The van der Waals surface area contributed by atoms with Crippen molar-refractivity contribution in [2.45, 2.75) is 26.4 Å². The van der Waals surface area contributed by atoms with E-state index in [0.29, 0.717) is 22.7 Å². The van der Waals surface area contributed by atoms with Gasteiger partial charge >= 0.3 is 0 Å². The summed E-state index contributed by atoms with van der Waals surface area (Å²) in [6.07, 6.45) is 1.42. The number of hydrogen-bond donors (Lipinski definition) is 2. The third kappa shape index (κ3) is 3.31. The van der Waals surface area contributed by atoms with E-state index in [1.807, 2.05) is 11.8 Å². The molecule has 0 aliphatic heterocycles. The Kier molecular flexibility index (Phi) is 4.09. The van der Waals surface area contributed by atoms with Crippen molar-refractivity contribution in [2.75, 3.05) is 23.7 Å². The zero-order valence-corrected chi connectivity index (χ0v) is 11.3. The van der Waals surface area contributed by atoms with Gasteiger partial charge in [-0.3, -0.25) is 0 Å². The molecule has 0 saturated heterocycles. The molecule has 1 aromatic rings. The van der Waals surface area contributed by atoms with Crippen LogP contribution in [-0.4, -0.2) is 33.8 Å². The molecule has 5 nitrogen and oxygen atoms in total. The van der Waals surface area contributed by atoms with Crippen molar-refractivity contribution in [2.24, 2.45) is 0 Å². The minimum absolute atomic E-state index is 0.402. The van der Waals surface area contributed by atoms with Crippen LogP contribution < -0.4 is 10.6 Å². The number of nitrogens with two attached hydrogens (primary N) is 1. The van der Waals surface area contributed by atoms with E-state index < -0.39 is 5.60 Å². The number of aliphatic hydroxyl groups is 1. The van der Waals surface area contributed by atoms with Gasteiger partial charge in [-0.1, -0.05) is 0 Å². The van der Waals surface area contributed by atoms with E-state index in [1.54, 1.807) is 13.8 Å². The van der Waals surface area contributed by atoms with E-state index in [0.717, 1.165) is 6.54 Å². The van der Waals surface area contributed by atoms with Crippen LogP contribution in [0.25, 0.3) is 0 Å². The minimum Gasteiger partial charge on any atom is -0.389 e. The number of nitrogen functional groups attached to an aromatic ring is 1.